The number of hydrogen-bond acceptors (Lipinski definition) is 12. The molecule has 2 aliphatic heterocycles. The van der Waals surface area contributed by atoms with Gasteiger partial charge in [-0.05, 0) is 166 Å². The molecule has 16 nitrogen and oxygen atoms in total. The summed E-state index contributed by atoms with van der Waals surface area (Å²) in [6, 6.07) is 60.7. The monoisotopic (exact) mass is 1670 g/mol. The minimum absolute atomic E-state index is 0. The zero-order valence-electron chi connectivity index (χ0n) is 66.7. The second-order valence-electron chi connectivity index (χ2n) is 31.1. The highest BCUT2D eigenvalue weighted by Crippen LogP contribution is 2.46. The van der Waals surface area contributed by atoms with Gasteiger partial charge in [-0.2, -0.15) is 0 Å². The van der Waals surface area contributed by atoms with E-state index in [1.54, 1.807) is 36.9 Å². The third-order valence-corrected chi connectivity index (χ3v) is 23.1. The van der Waals surface area contributed by atoms with Crippen molar-refractivity contribution in [2.24, 2.45) is 23.7 Å². The number of aliphatic carboxylic acids is 1. The molecule has 4 aliphatic rings. The Bertz CT molecular complexity index is 4540. The molecule has 2 aliphatic carbocycles. The Labute approximate surface area is 707 Å². The number of nitrogens with zero attached hydrogens (tertiary/aromatic N) is 3. The predicted octanol–water partition coefficient (Wildman–Crippen LogP) is 21.4. The molecule has 0 aromatic heterocycles. The van der Waals surface area contributed by atoms with Crippen molar-refractivity contribution in [1.82, 2.24) is 20.0 Å². The summed E-state index contributed by atoms with van der Waals surface area (Å²) >= 11 is 24.4. The third kappa shape index (κ3) is 26.6. The zero-order valence-corrected chi connectivity index (χ0v) is 70.6. The third-order valence-electron chi connectivity index (χ3n) is 21.4. The number of carboxylic acids is 1. The van der Waals surface area contributed by atoms with E-state index < -0.39 is 36.3 Å². The quantitative estimate of drug-likeness (QED) is 0.0290. The minimum Gasteiger partial charge on any atom is -0.480 e. The van der Waals surface area contributed by atoms with Crippen molar-refractivity contribution in [2.75, 3.05) is 39.4 Å². The molecule has 2 heterocycles. The number of benzene rings is 8. The average molecular weight is 1670 g/mol. The van der Waals surface area contributed by atoms with Crippen LogP contribution < -0.4 is 5.32 Å². The Morgan fingerprint density at radius 1 is 0.491 bits per heavy atom. The summed E-state index contributed by atoms with van der Waals surface area (Å²) in [7, 11) is 0.123. The number of ether oxygens (including phenoxy) is 2. The van der Waals surface area contributed by atoms with Crippen LogP contribution in [0.25, 0.3) is 22.3 Å². The summed E-state index contributed by atoms with van der Waals surface area (Å²) in [5.41, 5.74) is 13.2. The molecule has 116 heavy (non-hydrogen) atoms. The maximum Gasteiger partial charge on any atom is 0.410 e. The minimum atomic E-state index is -0.970. The van der Waals surface area contributed by atoms with Gasteiger partial charge in [-0.3, -0.25) is 38.3 Å². The lowest BCUT2D eigenvalue weighted by Gasteiger charge is -2.36. The Morgan fingerprint density at radius 3 is 1.28 bits per heavy atom. The van der Waals surface area contributed by atoms with Gasteiger partial charge in [0.15, 0.2) is 5.78 Å². The molecule has 0 saturated carbocycles. The summed E-state index contributed by atoms with van der Waals surface area (Å²) in [5, 5.41) is 14.5. The Hall–Kier alpha value is -8.80. The number of nitrogens with one attached hydrogen (secondary N) is 1. The van der Waals surface area contributed by atoms with E-state index >= 15 is 0 Å². The van der Waals surface area contributed by atoms with E-state index in [0.717, 1.165) is 62.9 Å². The van der Waals surface area contributed by atoms with Gasteiger partial charge in [-0.1, -0.05) is 272 Å². The van der Waals surface area contributed by atoms with Crippen LogP contribution in [-0.2, 0) is 68.5 Å². The van der Waals surface area contributed by atoms with Crippen LogP contribution in [0.15, 0.2) is 194 Å². The van der Waals surface area contributed by atoms with E-state index in [-0.39, 0.29) is 113 Å². The molecule has 613 valence electrons. The van der Waals surface area contributed by atoms with Crippen LogP contribution in [-0.4, -0.2) is 138 Å². The standard InChI is InChI=1S/C46H50Cl2N2O5.C25H31Cl2NO2.C21H21NO4.CH3BOP.CH4/c1-30(2)25-42(44(52)22-19-33-18-21-40(47)41(48)27-33)49(24-23-34(51)20-17-32-11-5-4-6-12-32)45(53)43-26-31(3)28-50(43)46(54)55-29-39-37-15-9-7-13-35(37)36-14-8-10-16-38(36)39;1-18(2)16-24(25(30)13-10-20-9-12-22(26)23(27)17-20)28-15-14-21(29)11-8-19-6-4-3-5-7-19;1-13-10-19(20(23)24)22(11-13)21(25)26-12-18-16-8-4-2-6-14(16)15-7-3-5-9-17(15)18;1-2-4-3;/h4-16,18,21,27,30-31,39,42-43H,17,19-20,22-26,28-29H2,1-3H3;3-7,9,12,17-18,24,28H,8,10-11,13-16H2,1-2H3;2-9,13,18-19H,10-12H2,1H3,(H,23,24);1H3;1H4/t31-,42-,43+;24-;13-,19+;;/m111../s1. The number of rotatable bonds is 33. The molecule has 1 radical (unpaired) electrons. The van der Waals surface area contributed by atoms with Crippen LogP contribution in [0.4, 0.5) is 9.59 Å². The second kappa shape index (κ2) is 46.4. The molecule has 2 saturated heterocycles. The first-order valence-corrected chi connectivity index (χ1v) is 42.4. The Morgan fingerprint density at radius 2 is 0.871 bits per heavy atom. The smallest absolute Gasteiger partial charge is 0.410 e. The van der Waals surface area contributed by atoms with Gasteiger partial charge in [0.2, 0.25) is 12.9 Å². The van der Waals surface area contributed by atoms with Crippen molar-refractivity contribution in [3.05, 3.63) is 259 Å². The first-order valence-electron chi connectivity index (χ1n) is 40.0. The van der Waals surface area contributed by atoms with E-state index in [1.807, 2.05) is 155 Å². The van der Waals surface area contributed by atoms with Gasteiger partial charge in [0.1, 0.15) is 42.6 Å². The molecule has 2 fully saturated rings. The summed E-state index contributed by atoms with van der Waals surface area (Å²) in [5.74, 6) is -0.426. The molecule has 3 amide bonds. The fourth-order valence-corrected chi connectivity index (χ4v) is 16.3. The summed E-state index contributed by atoms with van der Waals surface area (Å²) in [4.78, 5) is 110. The SMILES string of the molecule is C.CC(C)C[C@@H](NCCC(=O)CCc1ccccc1)C(=O)CCc1ccc(Cl)c(Cl)c1.CC(C)C[C@H](C(=O)CCc1ccc(Cl)c(Cl)c1)N(CCC(=O)CCc1ccccc1)C(=O)[C@@H]1C[C@@H](C)CN1C(=O)OCC1c2ccccc2-c2ccccc21.C[B]P=O.C[C@@H]1C[C@@H](C(=O)O)N(C(=O)OCC2c3ccccc3-c3ccccc32)C1. The van der Waals surface area contributed by atoms with E-state index in [9.17, 15) is 48.0 Å². The fraction of sp³-hybridized carbons (Fsp3) is 0.404. The molecule has 8 aromatic rings. The van der Waals surface area contributed by atoms with Crippen molar-refractivity contribution < 1.29 is 57.5 Å². The molecule has 12 rings (SSSR count). The largest absolute Gasteiger partial charge is 0.480 e. The molecule has 2 N–H and O–H groups in total. The highest BCUT2D eigenvalue weighted by atomic mass is 35.5. The van der Waals surface area contributed by atoms with E-state index in [1.165, 1.54) is 26.5 Å². The Kier molecular flexibility index (Phi) is 37.1. The lowest BCUT2D eigenvalue weighted by molar-refractivity contribution is -0.144. The van der Waals surface area contributed by atoms with Crippen molar-refractivity contribution in [3.8, 4) is 22.3 Å². The molecule has 0 bridgehead atoms. The van der Waals surface area contributed by atoms with Crippen molar-refractivity contribution in [1.29, 1.82) is 0 Å². The van der Waals surface area contributed by atoms with Gasteiger partial charge >= 0.3 is 18.2 Å². The zero-order chi connectivity index (χ0) is 82.7. The number of carboxylic acid groups (broad SMARTS) is 1. The highest BCUT2D eigenvalue weighted by Gasteiger charge is 2.45. The predicted molar refractivity (Wildman–Crippen MR) is 467 cm³/mol. The maximum atomic E-state index is 14.9. The number of carbonyl (C=O) groups is 8. The van der Waals surface area contributed by atoms with E-state index in [4.69, 9.17) is 55.9 Å². The van der Waals surface area contributed by atoms with Crippen molar-refractivity contribution in [3.63, 3.8) is 0 Å². The van der Waals surface area contributed by atoms with Gasteiger partial charge in [0.05, 0.1) is 40.5 Å². The first kappa shape index (κ1) is 92.7. The van der Waals surface area contributed by atoms with Crippen LogP contribution in [0, 0.1) is 23.7 Å². The second-order valence-corrected chi connectivity index (χ2v) is 33.5. The molecular formula is C94H109BCl4N4O12P. The number of hydrogen-bond donors (Lipinski definition) is 2. The van der Waals surface area contributed by atoms with Crippen LogP contribution in [0.1, 0.15) is 170 Å². The summed E-state index contributed by atoms with van der Waals surface area (Å²) in [6.07, 6.45) is 5.46. The number of carbonyl (C=O) groups excluding carboxylic acids is 7. The normalized spacial score (nSPS) is 16.1. The van der Waals surface area contributed by atoms with Crippen LogP contribution in [0.3, 0.4) is 0 Å². The lowest BCUT2D eigenvalue weighted by atomic mass is 9.93. The molecule has 0 unspecified atom stereocenters. The Balaban J connectivity index is 0.000000231. The number of halogens is 4. The summed E-state index contributed by atoms with van der Waals surface area (Å²) in [6.45, 7) is 17.2. The topological polar surface area (TPSA) is 214 Å². The number of ketones is 4. The number of likely N-dealkylation sites (tertiary alicyclic amines) is 2. The number of fused-ring (bicyclic) bond motifs is 6. The van der Waals surface area contributed by atoms with Gasteiger partial charge < -0.3 is 24.8 Å². The number of aryl methyl sites for hydroxylation is 4. The lowest BCUT2D eigenvalue weighted by Crippen LogP contribution is -2.54. The van der Waals surface area contributed by atoms with Crippen molar-refractivity contribution in [2.45, 2.75) is 182 Å². The fourth-order valence-electron chi connectivity index (χ4n) is 15.6. The van der Waals surface area contributed by atoms with Crippen molar-refractivity contribution >= 4 is 109 Å². The number of amides is 3. The molecule has 22 heteroatoms. The van der Waals surface area contributed by atoms with Gasteiger partial charge in [-0.25, -0.2) is 14.4 Å². The van der Waals surface area contributed by atoms with E-state index in [2.05, 4.69) is 67.7 Å². The van der Waals surface area contributed by atoms with E-state index in [0.29, 0.717) is 110 Å². The molecular weight excluding hydrogens is 1560 g/mol. The van der Waals surface area contributed by atoms with Crippen LogP contribution >= 0.6 is 54.7 Å². The van der Waals surface area contributed by atoms with Gasteiger partial charge in [0.25, 0.3) is 0 Å². The molecule has 8 aromatic carbocycles. The van der Waals surface area contributed by atoms with Crippen LogP contribution in [0.2, 0.25) is 26.9 Å². The highest BCUT2D eigenvalue weighted by molar-refractivity contribution is 7.60. The molecule has 0 spiro atoms. The first-order chi connectivity index (χ1) is 55.3. The van der Waals surface area contributed by atoms with Gasteiger partial charge in [-0.15, -0.1) is 0 Å². The van der Waals surface area contributed by atoms with Gasteiger partial charge in [0, 0.05) is 76.5 Å². The van der Waals surface area contributed by atoms with Crippen LogP contribution in [0.5, 0.6) is 0 Å². The number of Topliss-reactive ketones (excluding diaryl/α,β-unsaturated/α-hetero) is 4. The maximum absolute atomic E-state index is 14.9. The average Bonchev–Trinajstić information content (AvgIpc) is 1.61. The molecule has 6 atom stereocenters. The summed E-state index contributed by atoms with van der Waals surface area (Å²) < 4.78 is 20.8.